The molecule has 2 atom stereocenters. The van der Waals surface area contributed by atoms with E-state index < -0.39 is 33.4 Å². The molecule has 9 heteroatoms. The SMILES string of the molecule is O=C(CCN1C(=O)[C@@H]2[C@H](C1=O)C1(Cl)c3ccccc3C2(Cl)c2ccccc21)Nc1ccc(Br)cc1Cl. The van der Waals surface area contributed by atoms with Gasteiger partial charge in [0, 0.05) is 17.4 Å². The summed E-state index contributed by atoms with van der Waals surface area (Å²) in [4.78, 5) is 38.9. The molecule has 3 aromatic carbocycles. The number of benzene rings is 3. The van der Waals surface area contributed by atoms with E-state index in [1.165, 1.54) is 0 Å². The monoisotopic (exact) mass is 602 g/mol. The average molecular weight is 605 g/mol. The van der Waals surface area contributed by atoms with Crippen molar-refractivity contribution in [2.45, 2.75) is 16.2 Å². The van der Waals surface area contributed by atoms with Gasteiger partial charge < -0.3 is 5.32 Å². The number of nitrogens with zero attached hydrogens (tertiary/aromatic N) is 1. The Morgan fingerprint density at radius 3 is 1.78 bits per heavy atom. The van der Waals surface area contributed by atoms with E-state index >= 15 is 0 Å². The minimum Gasteiger partial charge on any atom is -0.325 e. The van der Waals surface area contributed by atoms with Crippen molar-refractivity contribution in [3.8, 4) is 0 Å². The van der Waals surface area contributed by atoms with E-state index in [0.29, 0.717) is 10.7 Å². The number of halogens is 4. The van der Waals surface area contributed by atoms with Crippen molar-refractivity contribution in [3.63, 3.8) is 0 Å². The standard InChI is InChI=1S/C27H18BrCl3N2O3/c28-14-9-10-20(19(29)13-14)32-21(34)11-12-33-24(35)22-23(25(33)36)27(31)16-6-2-1-5-15(16)26(22,30)17-7-3-4-8-18(17)27/h1-10,13,22-23H,11-12H2,(H,32,34)/t22-,23+,26?,27?. The summed E-state index contributed by atoms with van der Waals surface area (Å²) >= 11 is 24.3. The van der Waals surface area contributed by atoms with E-state index in [9.17, 15) is 14.4 Å². The molecule has 4 aliphatic rings. The normalized spacial score (nSPS) is 27.5. The van der Waals surface area contributed by atoms with Crippen molar-refractivity contribution in [1.82, 2.24) is 4.90 Å². The molecule has 1 fully saturated rings. The van der Waals surface area contributed by atoms with Gasteiger partial charge in [0.1, 0.15) is 9.75 Å². The Morgan fingerprint density at radius 2 is 1.33 bits per heavy atom. The highest BCUT2D eigenvalue weighted by atomic mass is 79.9. The number of carbonyl (C=O) groups excluding carboxylic acids is 3. The molecule has 3 amide bonds. The largest absolute Gasteiger partial charge is 0.325 e. The Hall–Kier alpha value is -2.38. The van der Waals surface area contributed by atoms with E-state index in [0.717, 1.165) is 31.6 Å². The Morgan fingerprint density at radius 1 is 0.861 bits per heavy atom. The van der Waals surface area contributed by atoms with Crippen molar-refractivity contribution >= 4 is 74.1 Å². The minimum atomic E-state index is -1.23. The van der Waals surface area contributed by atoms with Crippen LogP contribution in [0.3, 0.4) is 0 Å². The van der Waals surface area contributed by atoms with Gasteiger partial charge in [0.25, 0.3) is 0 Å². The zero-order chi connectivity index (χ0) is 25.4. The maximum absolute atomic E-state index is 13.8. The first kappa shape index (κ1) is 24.0. The fourth-order valence-electron chi connectivity index (χ4n) is 5.96. The lowest BCUT2D eigenvalue weighted by Crippen LogP contribution is -2.57. The molecule has 0 saturated carbocycles. The summed E-state index contributed by atoms with van der Waals surface area (Å²) in [7, 11) is 0. The van der Waals surface area contributed by atoms with Gasteiger partial charge in [0.05, 0.1) is 22.5 Å². The minimum absolute atomic E-state index is 0.0860. The van der Waals surface area contributed by atoms with Crippen LogP contribution in [0.15, 0.2) is 71.2 Å². The molecule has 0 unspecified atom stereocenters. The van der Waals surface area contributed by atoms with Crippen LogP contribution in [0, 0.1) is 11.8 Å². The molecule has 1 N–H and O–H groups in total. The zero-order valence-corrected chi connectivity index (χ0v) is 22.5. The fourth-order valence-corrected chi connectivity index (χ4v) is 7.78. The van der Waals surface area contributed by atoms with Gasteiger partial charge in [0.2, 0.25) is 17.7 Å². The summed E-state index contributed by atoms with van der Waals surface area (Å²) in [5, 5.41) is 3.11. The zero-order valence-electron chi connectivity index (χ0n) is 18.6. The van der Waals surface area contributed by atoms with Crippen LogP contribution in [-0.2, 0) is 24.1 Å². The number of imide groups is 1. The van der Waals surface area contributed by atoms with E-state index in [-0.39, 0.29) is 18.9 Å². The highest BCUT2D eigenvalue weighted by Crippen LogP contribution is 2.69. The van der Waals surface area contributed by atoms with Gasteiger partial charge in [-0.25, -0.2) is 0 Å². The van der Waals surface area contributed by atoms with Gasteiger partial charge in [-0.1, -0.05) is 76.1 Å². The van der Waals surface area contributed by atoms with Crippen LogP contribution in [0.1, 0.15) is 28.7 Å². The number of carbonyl (C=O) groups is 3. The number of rotatable bonds is 4. The first-order valence-electron chi connectivity index (χ1n) is 11.4. The second kappa shape index (κ2) is 8.32. The molecule has 182 valence electrons. The molecule has 3 aliphatic carbocycles. The summed E-state index contributed by atoms with van der Waals surface area (Å²) in [5.74, 6) is -2.95. The Kier molecular flexibility index (Phi) is 5.54. The molecule has 1 heterocycles. The lowest BCUT2D eigenvalue weighted by atomic mass is 9.54. The number of hydrogen-bond acceptors (Lipinski definition) is 3. The lowest BCUT2D eigenvalue weighted by molar-refractivity contribution is -0.140. The lowest BCUT2D eigenvalue weighted by Gasteiger charge is -2.54. The highest BCUT2D eigenvalue weighted by molar-refractivity contribution is 9.10. The third-order valence-corrected chi connectivity index (χ3v) is 9.53. The molecule has 7 rings (SSSR count). The summed E-state index contributed by atoms with van der Waals surface area (Å²) in [6.07, 6.45) is -0.0895. The van der Waals surface area contributed by atoms with Crippen molar-refractivity contribution in [2.75, 3.05) is 11.9 Å². The molecule has 0 radical (unpaired) electrons. The van der Waals surface area contributed by atoms with Crippen molar-refractivity contribution in [2.24, 2.45) is 11.8 Å². The van der Waals surface area contributed by atoms with Crippen LogP contribution in [-0.4, -0.2) is 29.2 Å². The number of hydrogen-bond donors (Lipinski definition) is 1. The average Bonchev–Trinajstić information content (AvgIpc) is 3.13. The van der Waals surface area contributed by atoms with Crippen molar-refractivity contribution < 1.29 is 14.4 Å². The fraction of sp³-hybridized carbons (Fsp3) is 0.222. The smallest absolute Gasteiger partial charge is 0.235 e. The van der Waals surface area contributed by atoms with E-state index in [4.69, 9.17) is 34.8 Å². The van der Waals surface area contributed by atoms with E-state index in [1.54, 1.807) is 18.2 Å². The van der Waals surface area contributed by atoms with Gasteiger partial charge in [-0.15, -0.1) is 23.2 Å². The van der Waals surface area contributed by atoms with Crippen LogP contribution in [0.2, 0.25) is 5.02 Å². The Bertz CT molecular complexity index is 1350. The van der Waals surface area contributed by atoms with Crippen LogP contribution < -0.4 is 5.32 Å². The van der Waals surface area contributed by atoms with Gasteiger partial charge in [-0.05, 0) is 40.5 Å². The van der Waals surface area contributed by atoms with Gasteiger partial charge in [-0.3, -0.25) is 19.3 Å². The number of anilines is 1. The van der Waals surface area contributed by atoms with Gasteiger partial charge in [-0.2, -0.15) is 0 Å². The molecule has 5 nitrogen and oxygen atoms in total. The maximum atomic E-state index is 13.8. The van der Waals surface area contributed by atoms with Crippen LogP contribution in [0.5, 0.6) is 0 Å². The molecule has 1 aliphatic heterocycles. The molecule has 0 aromatic heterocycles. The second-order valence-electron chi connectivity index (χ2n) is 9.22. The topological polar surface area (TPSA) is 66.5 Å². The predicted octanol–water partition coefficient (Wildman–Crippen LogP) is 6.02. The number of likely N-dealkylation sites (tertiary alicyclic amines) is 1. The third-order valence-electron chi connectivity index (χ3n) is 7.44. The first-order chi connectivity index (χ1) is 17.2. The molecule has 3 aromatic rings. The molecule has 36 heavy (non-hydrogen) atoms. The summed E-state index contributed by atoms with van der Waals surface area (Å²) in [6, 6.07) is 20.0. The number of alkyl halides is 2. The van der Waals surface area contributed by atoms with Crippen molar-refractivity contribution in [1.29, 1.82) is 0 Å². The van der Waals surface area contributed by atoms with Crippen molar-refractivity contribution in [3.05, 3.63) is 98.5 Å². The van der Waals surface area contributed by atoms with Crippen LogP contribution >= 0.6 is 50.7 Å². The summed E-state index contributed by atoms with van der Waals surface area (Å²) < 4.78 is 0.781. The van der Waals surface area contributed by atoms with Gasteiger partial charge in [0.15, 0.2) is 0 Å². The van der Waals surface area contributed by atoms with E-state index in [1.807, 2.05) is 48.5 Å². The molecular weight excluding hydrogens is 587 g/mol. The van der Waals surface area contributed by atoms with Gasteiger partial charge >= 0.3 is 0 Å². The van der Waals surface area contributed by atoms with Crippen LogP contribution in [0.25, 0.3) is 0 Å². The third kappa shape index (κ3) is 3.11. The Labute approximate surface area is 230 Å². The predicted molar refractivity (Wildman–Crippen MR) is 142 cm³/mol. The first-order valence-corrected chi connectivity index (χ1v) is 13.3. The Balaban J connectivity index is 1.33. The summed E-state index contributed by atoms with van der Waals surface area (Å²) in [5.41, 5.74) is 3.42. The number of nitrogens with one attached hydrogen (secondary N) is 1. The van der Waals surface area contributed by atoms with E-state index in [2.05, 4.69) is 21.2 Å². The van der Waals surface area contributed by atoms with Crippen LogP contribution in [0.4, 0.5) is 5.69 Å². The maximum Gasteiger partial charge on any atom is 0.235 e. The molecular formula is C27H18BrCl3N2O3. The second-order valence-corrected chi connectivity index (χ2v) is 11.7. The highest BCUT2D eigenvalue weighted by Gasteiger charge is 2.72. The molecule has 2 bridgehead atoms. The quantitative estimate of drug-likeness (QED) is 0.293. The molecule has 0 spiro atoms. The number of amides is 3. The summed E-state index contributed by atoms with van der Waals surface area (Å²) in [6.45, 7) is -0.0860. The molecule has 1 saturated heterocycles.